The second-order valence-electron chi connectivity index (χ2n) is 8.04. The highest BCUT2D eigenvalue weighted by Gasteiger charge is 2.43. The van der Waals surface area contributed by atoms with Gasteiger partial charge in [-0.1, -0.05) is 0 Å². The molecule has 1 N–H and O–H groups in total. The largest absolute Gasteiger partial charge is 0.494 e. The van der Waals surface area contributed by atoms with E-state index < -0.39 is 14.7 Å². The second-order valence-corrected chi connectivity index (χ2v) is 11.6. The Hall–Kier alpha value is -2.27. The third kappa shape index (κ3) is 3.78. The Kier molecular flexibility index (Phi) is 5.67. The number of piperazine rings is 1. The number of hydrogen-bond donors (Lipinski definition) is 1. The van der Waals surface area contributed by atoms with Gasteiger partial charge in [0.05, 0.1) is 18.7 Å². The van der Waals surface area contributed by atoms with Crippen molar-refractivity contribution in [2.75, 3.05) is 33.0 Å². The summed E-state index contributed by atoms with van der Waals surface area (Å²) in [6, 6.07) is 3.76. The summed E-state index contributed by atoms with van der Waals surface area (Å²) in [5.74, 6) is 0.629. The molecule has 1 aliphatic rings. The Morgan fingerprint density at radius 1 is 1.35 bits per heavy atom. The van der Waals surface area contributed by atoms with Gasteiger partial charge >= 0.3 is 0 Å². The smallest absolute Gasteiger partial charge is 0.259 e. The molecule has 1 saturated heterocycles. The van der Waals surface area contributed by atoms with Gasteiger partial charge in [0.25, 0.3) is 5.56 Å². The molecule has 0 radical (unpaired) electrons. The lowest BCUT2D eigenvalue weighted by molar-refractivity contribution is 0.132. The van der Waals surface area contributed by atoms with E-state index in [9.17, 15) is 13.2 Å². The number of methoxy groups -OCH3 is 1. The molecule has 0 bridgehead atoms. The molecule has 0 aliphatic carbocycles. The minimum absolute atomic E-state index is 0.0829. The Labute approximate surface area is 185 Å². The Morgan fingerprint density at radius 3 is 2.84 bits per heavy atom. The van der Waals surface area contributed by atoms with Crippen LogP contribution >= 0.6 is 11.3 Å². The average molecular weight is 463 g/mol. The molecule has 166 valence electrons. The SMILES string of the molecule is COc1cnccc1-c1cn(C)c(=O)c2cc(CN3CCNCC3(C)S(C)(=O)=O)sc12. The molecule has 8 nitrogen and oxygen atoms in total. The molecule has 10 heteroatoms. The van der Waals surface area contributed by atoms with Crippen molar-refractivity contribution < 1.29 is 13.2 Å². The number of pyridine rings is 2. The Bertz CT molecular complexity index is 1300. The maximum Gasteiger partial charge on any atom is 0.259 e. The van der Waals surface area contributed by atoms with Crippen LogP contribution in [0, 0.1) is 0 Å². The van der Waals surface area contributed by atoms with Crippen molar-refractivity contribution in [3.05, 3.63) is 46.0 Å². The lowest BCUT2D eigenvalue weighted by Crippen LogP contribution is -2.62. The van der Waals surface area contributed by atoms with Crippen molar-refractivity contribution in [3.8, 4) is 16.9 Å². The van der Waals surface area contributed by atoms with Gasteiger partial charge in [-0.2, -0.15) is 0 Å². The minimum Gasteiger partial charge on any atom is -0.494 e. The molecule has 4 heterocycles. The number of rotatable bonds is 5. The zero-order valence-corrected chi connectivity index (χ0v) is 19.6. The van der Waals surface area contributed by atoms with Gasteiger partial charge in [0.1, 0.15) is 10.6 Å². The fourth-order valence-electron chi connectivity index (χ4n) is 4.02. The molecule has 1 fully saturated rings. The van der Waals surface area contributed by atoms with Gasteiger partial charge in [-0.25, -0.2) is 8.42 Å². The molecule has 1 unspecified atom stereocenters. The highest BCUT2D eigenvalue weighted by atomic mass is 32.2. The number of sulfone groups is 1. The summed E-state index contributed by atoms with van der Waals surface area (Å²) in [6.45, 7) is 3.92. The summed E-state index contributed by atoms with van der Waals surface area (Å²) >= 11 is 1.52. The Morgan fingerprint density at radius 2 is 2.13 bits per heavy atom. The van der Waals surface area contributed by atoms with Gasteiger partial charge < -0.3 is 14.6 Å². The molecule has 0 aromatic carbocycles. The summed E-state index contributed by atoms with van der Waals surface area (Å²) in [4.78, 5) is 18.9. The fourth-order valence-corrected chi connectivity index (χ4v) is 6.20. The van der Waals surface area contributed by atoms with Crippen LogP contribution in [0.25, 0.3) is 21.2 Å². The maximum absolute atomic E-state index is 12.9. The second kappa shape index (κ2) is 8.01. The lowest BCUT2D eigenvalue weighted by Gasteiger charge is -2.43. The molecule has 0 amide bonds. The van der Waals surface area contributed by atoms with Crippen molar-refractivity contribution in [2.45, 2.75) is 18.3 Å². The van der Waals surface area contributed by atoms with E-state index in [1.54, 1.807) is 38.0 Å². The van der Waals surface area contributed by atoms with E-state index in [2.05, 4.69) is 10.3 Å². The summed E-state index contributed by atoms with van der Waals surface area (Å²) in [6.07, 6.45) is 6.44. The lowest BCUT2D eigenvalue weighted by atomic mass is 10.1. The van der Waals surface area contributed by atoms with Crippen molar-refractivity contribution in [3.63, 3.8) is 0 Å². The predicted octanol–water partition coefficient (Wildman–Crippen LogP) is 1.84. The molecule has 4 rings (SSSR count). The fraction of sp³-hybridized carbons (Fsp3) is 0.429. The van der Waals surface area contributed by atoms with Crippen LogP contribution in [-0.2, 0) is 23.4 Å². The molecule has 3 aromatic heterocycles. The molecule has 3 aromatic rings. The van der Waals surface area contributed by atoms with Crippen LogP contribution in [0.5, 0.6) is 5.75 Å². The van der Waals surface area contributed by atoms with Crippen LogP contribution in [0.15, 0.2) is 35.5 Å². The van der Waals surface area contributed by atoms with E-state index in [1.165, 1.54) is 17.6 Å². The molecule has 0 spiro atoms. The topological polar surface area (TPSA) is 93.5 Å². The zero-order valence-electron chi connectivity index (χ0n) is 18.0. The van der Waals surface area contributed by atoms with Gasteiger partial charge in [0.15, 0.2) is 9.84 Å². The van der Waals surface area contributed by atoms with E-state index in [0.717, 1.165) is 27.2 Å². The van der Waals surface area contributed by atoms with E-state index in [0.29, 0.717) is 30.8 Å². The monoisotopic (exact) mass is 462 g/mol. The summed E-state index contributed by atoms with van der Waals surface area (Å²) in [7, 11) is 0.00161. The predicted molar refractivity (Wildman–Crippen MR) is 123 cm³/mol. The van der Waals surface area contributed by atoms with Crippen molar-refractivity contribution in [2.24, 2.45) is 7.05 Å². The van der Waals surface area contributed by atoms with E-state index in [-0.39, 0.29) is 5.56 Å². The number of nitrogens with zero attached hydrogens (tertiary/aromatic N) is 3. The van der Waals surface area contributed by atoms with Crippen LogP contribution < -0.4 is 15.6 Å². The van der Waals surface area contributed by atoms with E-state index >= 15 is 0 Å². The first-order chi connectivity index (χ1) is 14.7. The summed E-state index contributed by atoms with van der Waals surface area (Å²) in [5.41, 5.74) is 1.66. The zero-order chi connectivity index (χ0) is 22.4. The molecular formula is C21H26N4O4S2. The maximum atomic E-state index is 12.9. The van der Waals surface area contributed by atoms with Crippen LogP contribution in [0.2, 0.25) is 0 Å². The van der Waals surface area contributed by atoms with Gasteiger partial charge in [-0.05, 0) is 19.1 Å². The standard InChI is InChI=1S/C21H26N4O4S2/c1-21(31(4,27)28)13-23-7-8-25(21)11-14-9-16-19(30-14)17(12-24(2)20(16)26)15-5-6-22-10-18(15)29-3/h5-6,9-10,12,23H,7-8,11,13H2,1-4H3. The minimum atomic E-state index is -3.32. The number of hydrogen-bond acceptors (Lipinski definition) is 8. The van der Waals surface area contributed by atoms with Gasteiger partial charge in [0.2, 0.25) is 0 Å². The third-order valence-corrected chi connectivity index (χ3v) is 9.17. The molecule has 1 aliphatic heterocycles. The quantitative estimate of drug-likeness (QED) is 0.618. The highest BCUT2D eigenvalue weighted by molar-refractivity contribution is 7.92. The number of nitrogens with one attached hydrogen (secondary N) is 1. The molecule has 0 saturated carbocycles. The number of ether oxygens (including phenoxy) is 1. The van der Waals surface area contributed by atoms with E-state index in [1.807, 2.05) is 23.2 Å². The molecule has 31 heavy (non-hydrogen) atoms. The Balaban J connectivity index is 1.83. The van der Waals surface area contributed by atoms with Crippen molar-refractivity contribution >= 4 is 31.3 Å². The molecule has 1 atom stereocenters. The van der Waals surface area contributed by atoms with Gasteiger partial charge in [-0.3, -0.25) is 14.7 Å². The van der Waals surface area contributed by atoms with Crippen molar-refractivity contribution in [1.29, 1.82) is 0 Å². The third-order valence-electron chi connectivity index (χ3n) is 6.02. The van der Waals surface area contributed by atoms with Crippen molar-refractivity contribution in [1.82, 2.24) is 19.8 Å². The first-order valence-corrected chi connectivity index (χ1v) is 12.6. The van der Waals surface area contributed by atoms with E-state index in [4.69, 9.17) is 4.74 Å². The first-order valence-electron chi connectivity index (χ1n) is 9.91. The number of aryl methyl sites for hydroxylation is 1. The number of aromatic nitrogens is 2. The number of fused-ring (bicyclic) bond motifs is 1. The van der Waals surface area contributed by atoms with Crippen LogP contribution in [-0.4, -0.2) is 60.7 Å². The summed E-state index contributed by atoms with van der Waals surface area (Å²) in [5, 5.41) is 3.81. The number of thiophene rings is 1. The highest BCUT2D eigenvalue weighted by Crippen LogP contribution is 2.38. The average Bonchev–Trinajstić information content (AvgIpc) is 3.16. The molecular weight excluding hydrogens is 436 g/mol. The van der Waals surface area contributed by atoms with Crippen LogP contribution in [0.4, 0.5) is 0 Å². The normalized spacial score (nSPS) is 20.3. The summed E-state index contributed by atoms with van der Waals surface area (Å²) < 4.78 is 33.0. The van der Waals surface area contributed by atoms with Gasteiger partial charge in [0, 0.05) is 72.6 Å². The van der Waals surface area contributed by atoms with Crippen LogP contribution in [0.3, 0.4) is 0 Å². The van der Waals surface area contributed by atoms with Crippen LogP contribution in [0.1, 0.15) is 11.8 Å². The first kappa shape index (κ1) is 21.9. The van der Waals surface area contributed by atoms with Gasteiger partial charge in [-0.15, -0.1) is 11.3 Å².